The monoisotopic (exact) mass is 201 g/mol. The van der Waals surface area contributed by atoms with Gasteiger partial charge in [0.05, 0.1) is 12.7 Å². The fraction of sp³-hybridized carbons (Fsp3) is 1.00. The quantitative estimate of drug-likeness (QED) is 0.680. The van der Waals surface area contributed by atoms with Crippen LogP contribution in [-0.2, 0) is 4.74 Å². The molecule has 0 atom stereocenters. The molecule has 0 saturated heterocycles. The third-order valence-corrected chi connectivity index (χ3v) is 3.08. The molecule has 1 fully saturated rings. The third-order valence-electron chi connectivity index (χ3n) is 3.08. The molecule has 3 nitrogen and oxygen atoms in total. The molecule has 1 aliphatic rings. The molecule has 0 aromatic rings. The van der Waals surface area contributed by atoms with E-state index in [0.717, 1.165) is 45.4 Å². The molecule has 3 heteroatoms. The van der Waals surface area contributed by atoms with Crippen LogP contribution in [0.1, 0.15) is 32.6 Å². The molecule has 0 spiro atoms. The van der Waals surface area contributed by atoms with E-state index in [9.17, 15) is 5.11 Å². The van der Waals surface area contributed by atoms with Crippen LogP contribution in [0.4, 0.5) is 0 Å². The Hall–Kier alpha value is -0.120. The number of nitrogens with zero attached hydrogens (tertiary/aromatic N) is 1. The zero-order valence-corrected chi connectivity index (χ0v) is 9.41. The smallest absolute Gasteiger partial charge is 0.0593 e. The number of aliphatic hydroxyl groups excluding tert-OH is 1. The van der Waals surface area contributed by atoms with E-state index >= 15 is 0 Å². The van der Waals surface area contributed by atoms with Crippen LogP contribution < -0.4 is 0 Å². The molecular formula is C11H23NO2. The number of likely N-dealkylation sites (N-methyl/N-ethyl adjacent to an activating group) is 1. The van der Waals surface area contributed by atoms with Crippen LogP contribution in [0, 0.1) is 0 Å². The molecule has 1 aliphatic carbocycles. The number of aliphatic hydroxyl groups is 1. The van der Waals surface area contributed by atoms with Gasteiger partial charge in [0.1, 0.15) is 0 Å². The van der Waals surface area contributed by atoms with Gasteiger partial charge in [-0.15, -0.1) is 0 Å². The Balaban J connectivity index is 2.13. The van der Waals surface area contributed by atoms with Crippen molar-refractivity contribution in [2.45, 2.75) is 44.8 Å². The molecule has 1 N–H and O–H groups in total. The number of hydrogen-bond donors (Lipinski definition) is 1. The summed E-state index contributed by atoms with van der Waals surface area (Å²) in [7, 11) is 2.15. The van der Waals surface area contributed by atoms with Gasteiger partial charge in [-0.2, -0.15) is 0 Å². The Kier molecular flexibility index (Phi) is 5.45. The van der Waals surface area contributed by atoms with E-state index in [2.05, 4.69) is 11.9 Å². The van der Waals surface area contributed by atoms with Crippen molar-refractivity contribution in [1.82, 2.24) is 4.90 Å². The summed E-state index contributed by atoms with van der Waals surface area (Å²) in [6, 6.07) is 0.652. The maximum atomic E-state index is 9.38. The van der Waals surface area contributed by atoms with Gasteiger partial charge < -0.3 is 14.7 Å². The van der Waals surface area contributed by atoms with E-state index in [1.807, 2.05) is 6.92 Å². The lowest BCUT2D eigenvalue weighted by Gasteiger charge is -2.32. The van der Waals surface area contributed by atoms with E-state index in [1.54, 1.807) is 0 Å². The molecule has 0 bridgehead atoms. The molecule has 0 radical (unpaired) electrons. The predicted octanol–water partition coefficient (Wildman–Crippen LogP) is 1.26. The second kappa shape index (κ2) is 6.38. The summed E-state index contributed by atoms with van der Waals surface area (Å²) in [6.45, 7) is 4.66. The minimum Gasteiger partial charge on any atom is -0.393 e. The van der Waals surface area contributed by atoms with Gasteiger partial charge in [0.25, 0.3) is 0 Å². The zero-order chi connectivity index (χ0) is 10.4. The summed E-state index contributed by atoms with van der Waals surface area (Å²) < 4.78 is 5.33. The van der Waals surface area contributed by atoms with Crippen LogP contribution in [0.15, 0.2) is 0 Å². The Morgan fingerprint density at radius 1 is 1.29 bits per heavy atom. The van der Waals surface area contributed by atoms with Crippen molar-refractivity contribution < 1.29 is 9.84 Å². The van der Waals surface area contributed by atoms with E-state index in [0.29, 0.717) is 6.04 Å². The number of hydrogen-bond acceptors (Lipinski definition) is 3. The van der Waals surface area contributed by atoms with Crippen LogP contribution in [0.5, 0.6) is 0 Å². The second-order valence-electron chi connectivity index (χ2n) is 4.14. The molecule has 84 valence electrons. The highest BCUT2D eigenvalue weighted by molar-refractivity contribution is 4.77. The Labute approximate surface area is 87.1 Å². The largest absolute Gasteiger partial charge is 0.393 e. The SMILES string of the molecule is CCOCCN(C)C1CCC(O)CC1. The van der Waals surface area contributed by atoms with Crippen molar-refractivity contribution in [3.8, 4) is 0 Å². The average Bonchev–Trinajstić information content (AvgIpc) is 2.19. The standard InChI is InChI=1S/C11H23NO2/c1-3-14-9-8-12(2)10-4-6-11(13)7-5-10/h10-11,13H,3-9H2,1-2H3. The van der Waals surface area contributed by atoms with Gasteiger partial charge in [-0.3, -0.25) is 0 Å². The molecule has 0 unspecified atom stereocenters. The fourth-order valence-corrected chi connectivity index (χ4v) is 2.03. The van der Waals surface area contributed by atoms with Gasteiger partial charge in [0, 0.05) is 19.2 Å². The molecule has 1 rings (SSSR count). The lowest BCUT2D eigenvalue weighted by molar-refractivity contribution is 0.0638. The van der Waals surface area contributed by atoms with Crippen molar-refractivity contribution >= 4 is 0 Å². The van der Waals surface area contributed by atoms with Gasteiger partial charge in [0.2, 0.25) is 0 Å². The maximum Gasteiger partial charge on any atom is 0.0593 e. The van der Waals surface area contributed by atoms with E-state index in [1.165, 1.54) is 0 Å². The molecule has 0 amide bonds. The van der Waals surface area contributed by atoms with E-state index < -0.39 is 0 Å². The van der Waals surface area contributed by atoms with Gasteiger partial charge in [-0.05, 0) is 39.7 Å². The third kappa shape index (κ3) is 3.95. The van der Waals surface area contributed by atoms with Gasteiger partial charge in [0.15, 0.2) is 0 Å². The van der Waals surface area contributed by atoms with E-state index in [4.69, 9.17) is 4.74 Å². The Morgan fingerprint density at radius 2 is 1.93 bits per heavy atom. The lowest BCUT2D eigenvalue weighted by Crippen LogP contribution is -2.38. The van der Waals surface area contributed by atoms with Crippen LogP contribution >= 0.6 is 0 Å². The first kappa shape index (κ1) is 12.0. The lowest BCUT2D eigenvalue weighted by atomic mass is 9.92. The van der Waals surface area contributed by atoms with Crippen LogP contribution in [0.25, 0.3) is 0 Å². The molecule has 0 heterocycles. The summed E-state index contributed by atoms with van der Waals surface area (Å²) in [5.41, 5.74) is 0. The topological polar surface area (TPSA) is 32.7 Å². The first-order valence-corrected chi connectivity index (χ1v) is 5.70. The Morgan fingerprint density at radius 3 is 2.50 bits per heavy atom. The maximum absolute atomic E-state index is 9.38. The van der Waals surface area contributed by atoms with Crippen molar-refractivity contribution in [3.05, 3.63) is 0 Å². The summed E-state index contributed by atoms with van der Waals surface area (Å²) in [5, 5.41) is 9.38. The summed E-state index contributed by atoms with van der Waals surface area (Å²) in [5.74, 6) is 0. The highest BCUT2D eigenvalue weighted by Crippen LogP contribution is 2.21. The Bertz CT molecular complexity index is 144. The summed E-state index contributed by atoms with van der Waals surface area (Å²) in [6.07, 6.45) is 4.13. The summed E-state index contributed by atoms with van der Waals surface area (Å²) >= 11 is 0. The normalized spacial score (nSPS) is 28.3. The zero-order valence-electron chi connectivity index (χ0n) is 9.41. The molecule has 14 heavy (non-hydrogen) atoms. The highest BCUT2D eigenvalue weighted by atomic mass is 16.5. The second-order valence-corrected chi connectivity index (χ2v) is 4.14. The molecule has 0 aromatic heterocycles. The van der Waals surface area contributed by atoms with Crippen LogP contribution in [-0.4, -0.2) is 49.0 Å². The van der Waals surface area contributed by atoms with Gasteiger partial charge in [-0.25, -0.2) is 0 Å². The van der Waals surface area contributed by atoms with Crippen molar-refractivity contribution in [1.29, 1.82) is 0 Å². The fourth-order valence-electron chi connectivity index (χ4n) is 2.03. The molecular weight excluding hydrogens is 178 g/mol. The first-order valence-electron chi connectivity index (χ1n) is 5.70. The molecule has 0 aromatic carbocycles. The van der Waals surface area contributed by atoms with E-state index in [-0.39, 0.29) is 6.10 Å². The van der Waals surface area contributed by atoms with Crippen molar-refractivity contribution in [2.24, 2.45) is 0 Å². The summed E-state index contributed by atoms with van der Waals surface area (Å²) in [4.78, 5) is 2.36. The molecule has 1 saturated carbocycles. The van der Waals surface area contributed by atoms with Crippen LogP contribution in [0.2, 0.25) is 0 Å². The number of ether oxygens (including phenoxy) is 1. The van der Waals surface area contributed by atoms with Gasteiger partial charge >= 0.3 is 0 Å². The van der Waals surface area contributed by atoms with Crippen molar-refractivity contribution in [2.75, 3.05) is 26.8 Å². The van der Waals surface area contributed by atoms with Gasteiger partial charge in [-0.1, -0.05) is 0 Å². The molecule has 0 aliphatic heterocycles. The highest BCUT2D eigenvalue weighted by Gasteiger charge is 2.21. The minimum atomic E-state index is -0.0495. The number of rotatable bonds is 5. The van der Waals surface area contributed by atoms with Crippen molar-refractivity contribution in [3.63, 3.8) is 0 Å². The first-order chi connectivity index (χ1) is 6.74. The minimum absolute atomic E-state index is 0.0495. The predicted molar refractivity (Wildman–Crippen MR) is 57.4 cm³/mol. The average molecular weight is 201 g/mol. The van der Waals surface area contributed by atoms with Crippen LogP contribution in [0.3, 0.4) is 0 Å².